The summed E-state index contributed by atoms with van der Waals surface area (Å²) in [6.07, 6.45) is 4.17. The lowest BCUT2D eigenvalue weighted by Gasteiger charge is -2.16. The predicted octanol–water partition coefficient (Wildman–Crippen LogP) is 2.65. The summed E-state index contributed by atoms with van der Waals surface area (Å²) in [5.74, 6) is 0.603. The van der Waals surface area contributed by atoms with E-state index in [2.05, 4.69) is 55.8 Å². The molecule has 0 saturated carbocycles. The molecule has 0 unspecified atom stereocenters. The van der Waals surface area contributed by atoms with Crippen LogP contribution in [0.15, 0.2) is 36.5 Å². The lowest BCUT2D eigenvalue weighted by molar-refractivity contribution is 0.812. The quantitative estimate of drug-likeness (QED) is 0.767. The van der Waals surface area contributed by atoms with Crippen molar-refractivity contribution < 1.29 is 0 Å². The predicted molar refractivity (Wildman–Crippen MR) is 60.2 cm³/mol. The fourth-order valence-electron chi connectivity index (χ4n) is 1.56. The van der Waals surface area contributed by atoms with Crippen LogP contribution in [0, 0.1) is 0 Å². The number of hydrogen-bond donors (Lipinski definition) is 1. The highest BCUT2D eigenvalue weighted by Gasteiger charge is 2.06. The van der Waals surface area contributed by atoms with Crippen LogP contribution >= 0.6 is 0 Å². The smallest absolute Gasteiger partial charge is 0.0570 e. The average molecular weight is 188 g/mol. The number of hydrazine groups is 1. The molecule has 1 heterocycles. The van der Waals surface area contributed by atoms with Gasteiger partial charge in [-0.3, -0.25) is 5.01 Å². The van der Waals surface area contributed by atoms with Crippen LogP contribution in [-0.4, -0.2) is 6.54 Å². The molecule has 0 saturated heterocycles. The largest absolute Gasteiger partial charge is 0.284 e. The molecule has 1 aromatic carbocycles. The van der Waals surface area contributed by atoms with Crippen LogP contribution in [0.2, 0.25) is 0 Å². The minimum Gasteiger partial charge on any atom is -0.284 e. The Bertz CT molecular complexity index is 325. The normalized spacial score (nSPS) is 15.5. The molecule has 2 heteroatoms. The maximum absolute atomic E-state index is 3.24. The van der Waals surface area contributed by atoms with E-state index in [1.54, 1.807) is 0 Å². The second-order valence-electron chi connectivity index (χ2n) is 3.86. The van der Waals surface area contributed by atoms with Gasteiger partial charge in [0, 0.05) is 12.7 Å². The van der Waals surface area contributed by atoms with Gasteiger partial charge in [-0.25, -0.2) is 5.43 Å². The van der Waals surface area contributed by atoms with Crippen LogP contribution in [0.25, 0.3) is 0 Å². The van der Waals surface area contributed by atoms with E-state index in [0.717, 1.165) is 6.54 Å². The molecule has 0 spiro atoms. The molecule has 0 aliphatic carbocycles. The van der Waals surface area contributed by atoms with Crippen molar-refractivity contribution >= 4 is 5.69 Å². The highest BCUT2D eigenvalue weighted by molar-refractivity contribution is 5.50. The fourth-order valence-corrected chi connectivity index (χ4v) is 1.56. The monoisotopic (exact) mass is 188 g/mol. The van der Waals surface area contributed by atoms with Gasteiger partial charge in [0.15, 0.2) is 0 Å². The van der Waals surface area contributed by atoms with Crippen molar-refractivity contribution in [3.05, 3.63) is 42.1 Å². The average Bonchev–Trinajstić information content (AvgIpc) is 2.71. The van der Waals surface area contributed by atoms with Crippen molar-refractivity contribution in [3.63, 3.8) is 0 Å². The molecule has 0 atom stereocenters. The zero-order valence-corrected chi connectivity index (χ0v) is 8.70. The summed E-state index contributed by atoms with van der Waals surface area (Å²) >= 11 is 0. The van der Waals surface area contributed by atoms with Crippen LogP contribution in [0.5, 0.6) is 0 Å². The Kier molecular flexibility index (Phi) is 2.55. The fraction of sp³-hybridized carbons (Fsp3) is 0.333. The molecule has 2 rings (SSSR count). The van der Waals surface area contributed by atoms with E-state index in [1.165, 1.54) is 11.3 Å². The van der Waals surface area contributed by atoms with Gasteiger partial charge in [0.2, 0.25) is 0 Å². The molecular weight excluding hydrogens is 172 g/mol. The molecule has 74 valence electrons. The molecule has 0 radical (unpaired) electrons. The Morgan fingerprint density at radius 3 is 2.43 bits per heavy atom. The Morgan fingerprint density at radius 2 is 1.93 bits per heavy atom. The molecule has 1 aliphatic heterocycles. The minimum absolute atomic E-state index is 0.603. The second-order valence-corrected chi connectivity index (χ2v) is 3.86. The second kappa shape index (κ2) is 3.84. The topological polar surface area (TPSA) is 15.3 Å². The number of nitrogens with one attached hydrogen (secondary N) is 1. The first-order chi connectivity index (χ1) is 6.77. The van der Waals surface area contributed by atoms with Gasteiger partial charge >= 0.3 is 0 Å². The van der Waals surface area contributed by atoms with Gasteiger partial charge in [0.25, 0.3) is 0 Å². The highest BCUT2D eigenvalue weighted by Crippen LogP contribution is 2.20. The molecule has 1 aliphatic rings. The number of nitrogens with zero attached hydrogens (tertiary/aromatic N) is 1. The molecular formula is C12H16N2. The van der Waals surface area contributed by atoms with Gasteiger partial charge in [-0.05, 0) is 23.6 Å². The van der Waals surface area contributed by atoms with E-state index in [4.69, 9.17) is 0 Å². The first kappa shape index (κ1) is 9.28. The molecule has 0 fully saturated rings. The van der Waals surface area contributed by atoms with Crippen molar-refractivity contribution in [1.82, 2.24) is 5.43 Å². The van der Waals surface area contributed by atoms with Crippen molar-refractivity contribution in [2.24, 2.45) is 0 Å². The van der Waals surface area contributed by atoms with Crippen molar-refractivity contribution in [3.8, 4) is 0 Å². The number of hydrogen-bond acceptors (Lipinski definition) is 2. The molecule has 1 aromatic rings. The van der Waals surface area contributed by atoms with Gasteiger partial charge < -0.3 is 0 Å². The zero-order valence-electron chi connectivity index (χ0n) is 8.70. The lowest BCUT2D eigenvalue weighted by Crippen LogP contribution is -2.27. The summed E-state index contributed by atoms with van der Waals surface area (Å²) in [5, 5.41) is 2.05. The maximum Gasteiger partial charge on any atom is 0.0570 e. The van der Waals surface area contributed by atoms with E-state index >= 15 is 0 Å². The van der Waals surface area contributed by atoms with E-state index in [-0.39, 0.29) is 0 Å². The Balaban J connectivity index is 2.17. The molecule has 2 nitrogen and oxygen atoms in total. The number of rotatable bonds is 2. The number of benzene rings is 1. The first-order valence-corrected chi connectivity index (χ1v) is 5.07. The summed E-state index contributed by atoms with van der Waals surface area (Å²) in [6.45, 7) is 5.35. The third-order valence-electron chi connectivity index (χ3n) is 2.47. The minimum atomic E-state index is 0.603. The van der Waals surface area contributed by atoms with Gasteiger partial charge in [0.05, 0.1) is 5.69 Å². The molecule has 0 amide bonds. The highest BCUT2D eigenvalue weighted by atomic mass is 15.5. The van der Waals surface area contributed by atoms with Gasteiger partial charge in [-0.1, -0.05) is 32.1 Å². The van der Waals surface area contributed by atoms with Crippen molar-refractivity contribution in [2.45, 2.75) is 19.8 Å². The summed E-state index contributed by atoms with van der Waals surface area (Å²) < 4.78 is 0. The Morgan fingerprint density at radius 1 is 1.21 bits per heavy atom. The van der Waals surface area contributed by atoms with Crippen molar-refractivity contribution in [2.75, 3.05) is 11.6 Å². The van der Waals surface area contributed by atoms with E-state index in [1.807, 2.05) is 5.01 Å². The molecule has 0 bridgehead atoms. The molecule has 1 N–H and O–H groups in total. The van der Waals surface area contributed by atoms with Crippen molar-refractivity contribution in [1.29, 1.82) is 0 Å². The third-order valence-corrected chi connectivity index (χ3v) is 2.47. The Labute approximate surface area is 85.2 Å². The number of anilines is 1. The SMILES string of the molecule is CC(C)c1ccc(N2C=CCN2)cc1. The maximum atomic E-state index is 3.24. The van der Waals surface area contributed by atoms with Gasteiger partial charge in [-0.15, -0.1) is 0 Å². The van der Waals surface area contributed by atoms with Crippen LogP contribution in [0.1, 0.15) is 25.3 Å². The third kappa shape index (κ3) is 1.80. The standard InChI is InChI=1S/C12H16N2/c1-10(2)11-4-6-12(7-5-11)14-9-3-8-13-14/h3-7,9-10,13H,8H2,1-2H3. The van der Waals surface area contributed by atoms with Crippen LogP contribution in [0.3, 0.4) is 0 Å². The van der Waals surface area contributed by atoms with Gasteiger partial charge in [-0.2, -0.15) is 0 Å². The summed E-state index contributed by atoms with van der Waals surface area (Å²) in [5.41, 5.74) is 5.83. The molecule has 14 heavy (non-hydrogen) atoms. The van der Waals surface area contributed by atoms with E-state index in [9.17, 15) is 0 Å². The van der Waals surface area contributed by atoms with E-state index < -0.39 is 0 Å². The van der Waals surface area contributed by atoms with Crippen LogP contribution in [-0.2, 0) is 0 Å². The molecule has 0 aromatic heterocycles. The zero-order chi connectivity index (χ0) is 9.97. The summed E-state index contributed by atoms with van der Waals surface area (Å²) in [6, 6.07) is 8.68. The summed E-state index contributed by atoms with van der Waals surface area (Å²) in [4.78, 5) is 0. The van der Waals surface area contributed by atoms with E-state index in [0.29, 0.717) is 5.92 Å². The lowest BCUT2D eigenvalue weighted by atomic mass is 10.0. The van der Waals surface area contributed by atoms with Crippen LogP contribution < -0.4 is 10.4 Å². The van der Waals surface area contributed by atoms with Crippen LogP contribution in [0.4, 0.5) is 5.69 Å². The van der Waals surface area contributed by atoms with Gasteiger partial charge in [0.1, 0.15) is 0 Å². The first-order valence-electron chi connectivity index (χ1n) is 5.07. The Hall–Kier alpha value is -1.28. The summed E-state index contributed by atoms with van der Waals surface area (Å²) in [7, 11) is 0.